The van der Waals surface area contributed by atoms with Gasteiger partial charge in [-0.05, 0) is 60.9 Å². The van der Waals surface area contributed by atoms with E-state index in [-0.39, 0.29) is 29.5 Å². The Kier molecular flexibility index (Phi) is 6.87. The zero-order chi connectivity index (χ0) is 26.3. The maximum absolute atomic E-state index is 13.3. The average Bonchev–Trinajstić information content (AvgIpc) is 2.78. The van der Waals surface area contributed by atoms with Gasteiger partial charge >= 0.3 is 6.18 Å². The van der Waals surface area contributed by atoms with Crippen LogP contribution in [0.4, 0.5) is 23.2 Å². The third kappa shape index (κ3) is 5.24. The Morgan fingerprint density at radius 2 is 1.67 bits per heavy atom. The molecular weight excluding hydrogens is 496 g/mol. The zero-order valence-electron chi connectivity index (χ0n) is 19.6. The summed E-state index contributed by atoms with van der Waals surface area (Å²) in [5, 5.41) is 12.6. The van der Waals surface area contributed by atoms with Gasteiger partial charge in [0, 0.05) is 11.3 Å². The number of halogens is 4. The van der Waals surface area contributed by atoms with Crippen LogP contribution in [0.25, 0.3) is 0 Å². The molecule has 4 rings (SSSR count). The summed E-state index contributed by atoms with van der Waals surface area (Å²) in [6.07, 6.45) is -3.88. The zero-order valence-corrected chi connectivity index (χ0v) is 20.4. The predicted octanol–water partition coefficient (Wildman–Crippen LogP) is 5.55. The highest BCUT2D eigenvalue weighted by Crippen LogP contribution is 2.40. The molecule has 36 heavy (non-hydrogen) atoms. The molecule has 1 unspecified atom stereocenters. The first-order chi connectivity index (χ1) is 16.8. The first kappa shape index (κ1) is 26.1. The van der Waals surface area contributed by atoms with Gasteiger partial charge in [-0.1, -0.05) is 32.0 Å². The fraction of sp³-hybridized carbons (Fsp3) is 0.346. The molecule has 1 aromatic heterocycles. The Balaban J connectivity index is 1.37. The normalized spacial score (nSPS) is 19.4. The van der Waals surface area contributed by atoms with E-state index in [1.807, 2.05) is 13.8 Å². The van der Waals surface area contributed by atoms with Crippen molar-refractivity contribution in [3.05, 3.63) is 89.5 Å². The largest absolute Gasteiger partial charge is 0.416 e. The number of anilines is 1. The monoisotopic (exact) mass is 522 g/mol. The molecule has 1 aliphatic rings. The van der Waals surface area contributed by atoms with Crippen LogP contribution >= 0.6 is 0 Å². The SMILES string of the molecule is CC(C)(c1ccc(F)cc1)c1ccc(NC(O)C2CC(S(=O)(=O)c3cccc(C(F)(F)F)c3)C2)cn1. The summed E-state index contributed by atoms with van der Waals surface area (Å²) in [5.74, 6) is -0.706. The van der Waals surface area contributed by atoms with Gasteiger partial charge in [-0.15, -0.1) is 0 Å². The molecule has 1 fully saturated rings. The fourth-order valence-electron chi connectivity index (χ4n) is 4.31. The van der Waals surface area contributed by atoms with Crippen molar-refractivity contribution in [2.45, 2.75) is 54.7 Å². The van der Waals surface area contributed by atoms with E-state index in [9.17, 15) is 31.1 Å². The van der Waals surface area contributed by atoms with Gasteiger partial charge in [0.15, 0.2) is 9.84 Å². The van der Waals surface area contributed by atoms with Crippen molar-refractivity contribution in [3.63, 3.8) is 0 Å². The number of sulfone groups is 1. The van der Waals surface area contributed by atoms with Crippen LogP contribution in [0.1, 0.15) is 43.5 Å². The van der Waals surface area contributed by atoms with Crippen molar-refractivity contribution < 1.29 is 31.1 Å². The van der Waals surface area contributed by atoms with E-state index in [4.69, 9.17) is 0 Å². The molecule has 10 heteroatoms. The molecule has 0 radical (unpaired) electrons. The lowest BCUT2D eigenvalue weighted by molar-refractivity contribution is -0.137. The topological polar surface area (TPSA) is 79.3 Å². The molecule has 1 aliphatic carbocycles. The first-order valence-corrected chi connectivity index (χ1v) is 12.9. The summed E-state index contributed by atoms with van der Waals surface area (Å²) in [6.45, 7) is 3.92. The second kappa shape index (κ2) is 9.48. The standard InChI is InChI=1S/C26H26F4N2O3S/c1-25(2,17-6-8-19(27)9-7-17)23-11-10-20(15-31-23)32-24(33)16-12-22(13-16)36(34,35)21-5-3-4-18(14-21)26(28,29)30/h3-11,14-16,22,24,32-33H,12-13H2,1-2H3. The lowest BCUT2D eigenvalue weighted by atomic mass is 9.81. The van der Waals surface area contributed by atoms with Crippen LogP contribution in [0.5, 0.6) is 0 Å². The average molecular weight is 523 g/mol. The van der Waals surface area contributed by atoms with Crippen molar-refractivity contribution in [3.8, 4) is 0 Å². The Morgan fingerprint density at radius 3 is 2.25 bits per heavy atom. The number of nitrogens with zero attached hydrogens (tertiary/aromatic N) is 1. The smallest absolute Gasteiger partial charge is 0.374 e. The number of aliphatic hydroxyl groups excluding tert-OH is 1. The van der Waals surface area contributed by atoms with Crippen LogP contribution in [0.15, 0.2) is 71.8 Å². The van der Waals surface area contributed by atoms with Gasteiger partial charge < -0.3 is 10.4 Å². The lowest BCUT2D eigenvalue weighted by Crippen LogP contribution is -2.44. The van der Waals surface area contributed by atoms with E-state index < -0.39 is 38.5 Å². The molecule has 2 aromatic carbocycles. The number of rotatable bonds is 7. The number of hydrogen-bond acceptors (Lipinski definition) is 5. The van der Waals surface area contributed by atoms with Crippen LogP contribution in [0.2, 0.25) is 0 Å². The first-order valence-electron chi connectivity index (χ1n) is 11.4. The number of aromatic nitrogens is 1. The minimum atomic E-state index is -4.63. The molecule has 1 atom stereocenters. The lowest BCUT2D eigenvalue weighted by Gasteiger charge is -2.38. The number of nitrogens with one attached hydrogen (secondary N) is 1. The summed E-state index contributed by atoms with van der Waals surface area (Å²) >= 11 is 0. The van der Waals surface area contributed by atoms with Crippen molar-refractivity contribution in [2.24, 2.45) is 5.92 Å². The predicted molar refractivity (Wildman–Crippen MR) is 128 cm³/mol. The Bertz CT molecular complexity index is 1320. The number of benzene rings is 2. The second-order valence-corrected chi connectivity index (χ2v) is 11.8. The van der Waals surface area contributed by atoms with E-state index in [1.54, 1.807) is 30.5 Å². The maximum Gasteiger partial charge on any atom is 0.416 e. The van der Waals surface area contributed by atoms with Gasteiger partial charge in [0.25, 0.3) is 0 Å². The number of pyridine rings is 1. The third-order valence-corrected chi connectivity index (χ3v) is 8.96. The molecule has 0 bridgehead atoms. The summed E-state index contributed by atoms with van der Waals surface area (Å²) in [5.41, 5.74) is 0.666. The van der Waals surface area contributed by atoms with Crippen molar-refractivity contribution in [2.75, 3.05) is 5.32 Å². The molecule has 5 nitrogen and oxygen atoms in total. The van der Waals surface area contributed by atoms with E-state index in [0.29, 0.717) is 11.8 Å². The van der Waals surface area contributed by atoms with Crippen LogP contribution in [-0.4, -0.2) is 30.0 Å². The molecule has 2 N–H and O–H groups in total. The Morgan fingerprint density at radius 1 is 1.00 bits per heavy atom. The van der Waals surface area contributed by atoms with E-state index in [1.165, 1.54) is 12.1 Å². The molecular formula is C26H26F4N2O3S. The highest BCUT2D eigenvalue weighted by atomic mass is 32.2. The van der Waals surface area contributed by atoms with E-state index in [2.05, 4.69) is 10.3 Å². The third-order valence-electron chi connectivity index (χ3n) is 6.79. The minimum Gasteiger partial charge on any atom is -0.374 e. The maximum atomic E-state index is 13.3. The van der Waals surface area contributed by atoms with Gasteiger partial charge in [0.05, 0.1) is 33.3 Å². The number of hydrogen-bond donors (Lipinski definition) is 2. The highest BCUT2D eigenvalue weighted by molar-refractivity contribution is 7.92. The number of alkyl halides is 3. The molecule has 0 aliphatic heterocycles. The minimum absolute atomic E-state index is 0.121. The summed E-state index contributed by atoms with van der Waals surface area (Å²) < 4.78 is 77.7. The summed E-state index contributed by atoms with van der Waals surface area (Å²) in [4.78, 5) is 4.10. The van der Waals surface area contributed by atoms with Gasteiger partial charge in [-0.2, -0.15) is 13.2 Å². The number of aliphatic hydroxyl groups is 1. The molecule has 1 saturated carbocycles. The summed E-state index contributed by atoms with van der Waals surface area (Å²) in [7, 11) is -3.95. The van der Waals surface area contributed by atoms with Crippen molar-refractivity contribution >= 4 is 15.5 Å². The van der Waals surface area contributed by atoms with Crippen LogP contribution < -0.4 is 5.32 Å². The molecule has 1 heterocycles. The van der Waals surface area contributed by atoms with Crippen LogP contribution in [0, 0.1) is 11.7 Å². The van der Waals surface area contributed by atoms with Gasteiger partial charge in [-0.25, -0.2) is 12.8 Å². The fourth-order valence-corrected chi connectivity index (χ4v) is 6.26. The van der Waals surface area contributed by atoms with Crippen LogP contribution in [0.3, 0.4) is 0 Å². The Hall–Kier alpha value is -2.98. The van der Waals surface area contributed by atoms with E-state index >= 15 is 0 Å². The van der Waals surface area contributed by atoms with Crippen molar-refractivity contribution in [1.82, 2.24) is 4.98 Å². The van der Waals surface area contributed by atoms with Crippen molar-refractivity contribution in [1.29, 1.82) is 0 Å². The molecule has 0 spiro atoms. The van der Waals surface area contributed by atoms with Gasteiger partial charge in [-0.3, -0.25) is 4.98 Å². The van der Waals surface area contributed by atoms with Gasteiger partial charge in [0.1, 0.15) is 12.0 Å². The Labute approximate surface area is 207 Å². The van der Waals surface area contributed by atoms with Crippen LogP contribution in [-0.2, 0) is 21.4 Å². The summed E-state index contributed by atoms with van der Waals surface area (Å²) in [6, 6.07) is 13.4. The quantitative estimate of drug-likeness (QED) is 0.314. The molecule has 3 aromatic rings. The van der Waals surface area contributed by atoms with E-state index in [0.717, 1.165) is 29.5 Å². The molecule has 0 saturated heterocycles. The molecule has 192 valence electrons. The second-order valence-electron chi connectivity index (χ2n) is 9.58. The molecule has 0 amide bonds. The van der Waals surface area contributed by atoms with Gasteiger partial charge in [0.2, 0.25) is 0 Å². The highest BCUT2D eigenvalue weighted by Gasteiger charge is 2.43.